The van der Waals surface area contributed by atoms with Crippen molar-refractivity contribution in [2.45, 2.75) is 32.2 Å². The maximum absolute atomic E-state index is 11.3. The zero-order chi connectivity index (χ0) is 12.8. The molecule has 1 aliphatic rings. The average molecular weight is 244 g/mol. The largest absolute Gasteiger partial charge is 0.469 e. The van der Waals surface area contributed by atoms with Gasteiger partial charge in [-0.25, -0.2) is 4.79 Å². The number of hydrogen-bond donors (Lipinski definition) is 1. The minimum Gasteiger partial charge on any atom is -0.469 e. The van der Waals surface area contributed by atoms with E-state index in [-0.39, 0.29) is 5.97 Å². The molecule has 0 amide bonds. The van der Waals surface area contributed by atoms with E-state index in [0.717, 1.165) is 12.8 Å². The van der Waals surface area contributed by atoms with Gasteiger partial charge in [0, 0.05) is 19.5 Å². The van der Waals surface area contributed by atoms with E-state index in [1.165, 1.54) is 7.11 Å². The maximum Gasteiger partial charge on any atom is 0.341 e. The second kappa shape index (κ2) is 6.56. The van der Waals surface area contributed by atoms with Gasteiger partial charge >= 0.3 is 11.9 Å². The molecular formula is C11H20N2O4. The molecule has 0 aromatic carbocycles. The number of esters is 1. The number of carbonyl (C=O) groups excluding carboxylic acids is 2. The lowest BCUT2D eigenvalue weighted by atomic mass is 9.94. The van der Waals surface area contributed by atoms with Crippen LogP contribution in [0.25, 0.3) is 0 Å². The third-order valence-electron chi connectivity index (χ3n) is 2.85. The van der Waals surface area contributed by atoms with Gasteiger partial charge in [-0.05, 0) is 25.7 Å². The third-order valence-corrected chi connectivity index (χ3v) is 2.85. The lowest BCUT2D eigenvalue weighted by Crippen LogP contribution is -2.40. The molecule has 0 aromatic rings. The molecule has 6 nitrogen and oxygen atoms in total. The molecule has 1 saturated heterocycles. The number of hydroxylamine groups is 2. The van der Waals surface area contributed by atoms with Crippen molar-refractivity contribution >= 4 is 11.9 Å². The normalized spacial score (nSPS) is 19.7. The number of ether oxygens (including phenoxy) is 1. The molecule has 98 valence electrons. The Kier molecular flexibility index (Phi) is 5.37. The highest BCUT2D eigenvalue weighted by Gasteiger charge is 2.24. The van der Waals surface area contributed by atoms with Crippen LogP contribution in [0, 0.1) is 5.92 Å². The van der Waals surface area contributed by atoms with Crippen molar-refractivity contribution in [3.63, 3.8) is 0 Å². The van der Waals surface area contributed by atoms with Gasteiger partial charge < -0.3 is 15.3 Å². The Labute approximate surface area is 101 Å². The molecule has 1 fully saturated rings. The summed E-state index contributed by atoms with van der Waals surface area (Å²) in [7, 11) is 1.39. The van der Waals surface area contributed by atoms with Crippen LogP contribution in [0.1, 0.15) is 26.2 Å². The summed E-state index contributed by atoms with van der Waals surface area (Å²) in [4.78, 5) is 27.4. The molecule has 17 heavy (non-hydrogen) atoms. The monoisotopic (exact) mass is 244 g/mol. The van der Waals surface area contributed by atoms with Crippen molar-refractivity contribution in [3.05, 3.63) is 0 Å². The van der Waals surface area contributed by atoms with Crippen molar-refractivity contribution in [2.24, 2.45) is 11.7 Å². The quantitative estimate of drug-likeness (QED) is 0.705. The Bertz CT molecular complexity index is 273. The Morgan fingerprint density at radius 1 is 1.41 bits per heavy atom. The first kappa shape index (κ1) is 13.9. The number of nitrogens with zero attached hydrogens (tertiary/aromatic N) is 1. The highest BCUT2D eigenvalue weighted by atomic mass is 16.7. The SMILES string of the molecule is COC(=O)CC1CCN(OC(=O)C(C)N)CC1. The predicted octanol–water partition coefficient (Wildman–Crippen LogP) is 0.0669. The number of rotatable bonds is 4. The van der Waals surface area contributed by atoms with Crippen LogP contribution in [-0.2, 0) is 19.2 Å². The van der Waals surface area contributed by atoms with Gasteiger partial charge in [0.25, 0.3) is 0 Å². The second-order valence-corrected chi connectivity index (χ2v) is 4.35. The first-order valence-corrected chi connectivity index (χ1v) is 5.82. The fourth-order valence-corrected chi connectivity index (χ4v) is 1.73. The lowest BCUT2D eigenvalue weighted by molar-refractivity contribution is -0.198. The van der Waals surface area contributed by atoms with E-state index in [0.29, 0.717) is 25.4 Å². The minimum absolute atomic E-state index is 0.184. The van der Waals surface area contributed by atoms with E-state index in [2.05, 4.69) is 4.74 Å². The van der Waals surface area contributed by atoms with Crippen LogP contribution < -0.4 is 5.73 Å². The van der Waals surface area contributed by atoms with Gasteiger partial charge in [0.1, 0.15) is 6.04 Å². The van der Waals surface area contributed by atoms with Crippen molar-refractivity contribution < 1.29 is 19.2 Å². The molecule has 1 heterocycles. The van der Waals surface area contributed by atoms with Gasteiger partial charge in [0.15, 0.2) is 0 Å². The molecule has 0 aromatic heterocycles. The number of piperidine rings is 1. The predicted molar refractivity (Wildman–Crippen MR) is 60.7 cm³/mol. The Hall–Kier alpha value is -1.14. The van der Waals surface area contributed by atoms with Crippen LogP contribution in [0.3, 0.4) is 0 Å². The fraction of sp³-hybridized carbons (Fsp3) is 0.818. The summed E-state index contributed by atoms with van der Waals surface area (Å²) in [6.07, 6.45) is 2.08. The molecule has 1 aliphatic heterocycles. The molecular weight excluding hydrogens is 224 g/mol. The summed E-state index contributed by atoms with van der Waals surface area (Å²) >= 11 is 0. The topological polar surface area (TPSA) is 81.9 Å². The molecule has 0 aliphatic carbocycles. The molecule has 0 spiro atoms. The van der Waals surface area contributed by atoms with E-state index in [1.54, 1.807) is 12.0 Å². The van der Waals surface area contributed by atoms with Crippen LogP contribution in [0.2, 0.25) is 0 Å². The number of methoxy groups -OCH3 is 1. The smallest absolute Gasteiger partial charge is 0.341 e. The van der Waals surface area contributed by atoms with Crippen molar-refractivity contribution in [1.29, 1.82) is 0 Å². The van der Waals surface area contributed by atoms with Crippen molar-refractivity contribution in [1.82, 2.24) is 5.06 Å². The molecule has 1 rings (SSSR count). The molecule has 0 bridgehead atoms. The summed E-state index contributed by atoms with van der Waals surface area (Å²) < 4.78 is 4.62. The summed E-state index contributed by atoms with van der Waals surface area (Å²) in [5.74, 6) is -0.292. The van der Waals surface area contributed by atoms with Gasteiger partial charge in [-0.3, -0.25) is 4.79 Å². The average Bonchev–Trinajstić information content (AvgIpc) is 2.31. The Morgan fingerprint density at radius 2 is 2.00 bits per heavy atom. The molecule has 1 unspecified atom stereocenters. The van der Waals surface area contributed by atoms with Gasteiger partial charge in [-0.1, -0.05) is 0 Å². The number of hydrogen-bond acceptors (Lipinski definition) is 6. The van der Waals surface area contributed by atoms with Gasteiger partial charge in [-0.2, -0.15) is 0 Å². The number of nitrogens with two attached hydrogens (primary N) is 1. The van der Waals surface area contributed by atoms with Crippen LogP contribution in [-0.4, -0.2) is 43.2 Å². The first-order valence-electron chi connectivity index (χ1n) is 5.82. The zero-order valence-corrected chi connectivity index (χ0v) is 10.3. The van der Waals surface area contributed by atoms with E-state index >= 15 is 0 Å². The number of carbonyl (C=O) groups is 2. The van der Waals surface area contributed by atoms with E-state index in [9.17, 15) is 9.59 Å². The standard InChI is InChI=1S/C11H20N2O4/c1-8(12)11(15)17-13-5-3-9(4-6-13)7-10(14)16-2/h8-9H,3-7,12H2,1-2H3. The van der Waals surface area contributed by atoms with Crippen LogP contribution in [0.5, 0.6) is 0 Å². The summed E-state index contributed by atoms with van der Waals surface area (Å²) in [5.41, 5.74) is 5.40. The summed E-state index contributed by atoms with van der Waals surface area (Å²) in [5, 5.41) is 1.61. The van der Waals surface area contributed by atoms with Crippen LogP contribution in [0.15, 0.2) is 0 Å². The zero-order valence-electron chi connectivity index (χ0n) is 10.3. The van der Waals surface area contributed by atoms with E-state index in [1.807, 2.05) is 0 Å². The van der Waals surface area contributed by atoms with E-state index in [4.69, 9.17) is 10.6 Å². The lowest BCUT2D eigenvalue weighted by Gasteiger charge is -2.30. The molecule has 0 saturated carbocycles. The highest BCUT2D eigenvalue weighted by Crippen LogP contribution is 2.21. The van der Waals surface area contributed by atoms with Gasteiger partial charge in [-0.15, -0.1) is 5.06 Å². The Morgan fingerprint density at radius 3 is 2.47 bits per heavy atom. The van der Waals surface area contributed by atoms with Crippen molar-refractivity contribution in [2.75, 3.05) is 20.2 Å². The Balaban J connectivity index is 2.26. The van der Waals surface area contributed by atoms with Crippen LogP contribution in [0.4, 0.5) is 0 Å². The van der Waals surface area contributed by atoms with Gasteiger partial charge in [0.2, 0.25) is 0 Å². The summed E-state index contributed by atoms with van der Waals surface area (Å²) in [6.45, 7) is 2.87. The minimum atomic E-state index is -0.609. The third kappa shape index (κ3) is 4.70. The molecule has 6 heteroatoms. The first-order chi connectivity index (χ1) is 8.02. The van der Waals surface area contributed by atoms with Crippen molar-refractivity contribution in [3.8, 4) is 0 Å². The molecule has 1 atom stereocenters. The molecule has 0 radical (unpaired) electrons. The van der Waals surface area contributed by atoms with Gasteiger partial charge in [0.05, 0.1) is 7.11 Å². The maximum atomic E-state index is 11.3. The van der Waals surface area contributed by atoms with Crippen LogP contribution >= 0.6 is 0 Å². The summed E-state index contributed by atoms with van der Waals surface area (Å²) in [6, 6.07) is -0.609. The molecule has 2 N–H and O–H groups in total. The fourth-order valence-electron chi connectivity index (χ4n) is 1.73. The van der Waals surface area contributed by atoms with E-state index < -0.39 is 12.0 Å². The second-order valence-electron chi connectivity index (χ2n) is 4.35. The highest BCUT2D eigenvalue weighted by molar-refractivity contribution is 5.74.